The lowest BCUT2D eigenvalue weighted by atomic mass is 9.74. The third-order valence-corrected chi connectivity index (χ3v) is 2.83. The molecule has 0 unspecified atom stereocenters. The van der Waals surface area contributed by atoms with Gasteiger partial charge in [-0.25, -0.2) is 0 Å². The van der Waals surface area contributed by atoms with Gasteiger partial charge < -0.3 is 4.52 Å². The molecule has 0 N–H and O–H groups in total. The van der Waals surface area contributed by atoms with E-state index in [1.807, 2.05) is 0 Å². The molecule has 0 radical (unpaired) electrons. The molecule has 1 aromatic rings. The van der Waals surface area contributed by atoms with Crippen molar-refractivity contribution in [3.05, 3.63) is 17.0 Å². The minimum atomic E-state index is -0.000880. The van der Waals surface area contributed by atoms with Crippen molar-refractivity contribution in [1.82, 2.24) is 5.16 Å². The van der Waals surface area contributed by atoms with Gasteiger partial charge in [0.05, 0.1) is 5.69 Å². The van der Waals surface area contributed by atoms with E-state index in [-0.39, 0.29) is 16.2 Å². The van der Waals surface area contributed by atoms with E-state index in [0.29, 0.717) is 0 Å². The molecule has 0 aliphatic rings. The standard InChI is InChI=1S/C15H27NO/c1-13(2,3)10-11(14(4,5)6)16-17-12(10)15(7,8)9/h1-9H3. The summed E-state index contributed by atoms with van der Waals surface area (Å²) in [5.74, 6) is 1.02. The number of rotatable bonds is 0. The van der Waals surface area contributed by atoms with Gasteiger partial charge in [-0.2, -0.15) is 0 Å². The Morgan fingerprint density at radius 2 is 1.18 bits per heavy atom. The lowest BCUT2D eigenvalue weighted by molar-refractivity contribution is 0.316. The van der Waals surface area contributed by atoms with Crippen LogP contribution in [-0.4, -0.2) is 5.16 Å². The molecule has 2 heteroatoms. The fourth-order valence-electron chi connectivity index (χ4n) is 2.01. The van der Waals surface area contributed by atoms with Crippen LogP contribution in [0.3, 0.4) is 0 Å². The second kappa shape index (κ2) is 3.86. The highest BCUT2D eigenvalue weighted by Crippen LogP contribution is 2.40. The van der Waals surface area contributed by atoms with E-state index in [1.165, 1.54) is 5.56 Å². The van der Waals surface area contributed by atoms with Gasteiger partial charge >= 0.3 is 0 Å². The summed E-state index contributed by atoms with van der Waals surface area (Å²) in [6, 6.07) is 0. The maximum absolute atomic E-state index is 5.66. The largest absolute Gasteiger partial charge is 0.360 e. The van der Waals surface area contributed by atoms with Gasteiger partial charge in [-0.3, -0.25) is 0 Å². The fourth-order valence-corrected chi connectivity index (χ4v) is 2.01. The summed E-state index contributed by atoms with van der Waals surface area (Å²) in [7, 11) is 0. The number of hydrogen-bond donors (Lipinski definition) is 0. The molecule has 0 fully saturated rings. The average molecular weight is 237 g/mol. The molecule has 98 valence electrons. The van der Waals surface area contributed by atoms with E-state index in [0.717, 1.165) is 11.5 Å². The van der Waals surface area contributed by atoms with E-state index in [4.69, 9.17) is 4.52 Å². The smallest absolute Gasteiger partial charge is 0.146 e. The van der Waals surface area contributed by atoms with Crippen LogP contribution in [0.15, 0.2) is 4.52 Å². The maximum atomic E-state index is 5.66. The fraction of sp³-hybridized carbons (Fsp3) is 0.800. The van der Waals surface area contributed by atoms with Crippen LogP contribution in [0.2, 0.25) is 0 Å². The second-order valence-corrected chi connectivity index (χ2v) is 7.99. The minimum Gasteiger partial charge on any atom is -0.360 e. The van der Waals surface area contributed by atoms with Crippen molar-refractivity contribution >= 4 is 0 Å². The first-order valence-electron chi connectivity index (χ1n) is 6.36. The first-order valence-corrected chi connectivity index (χ1v) is 6.36. The molecule has 0 saturated heterocycles. The predicted octanol–water partition coefficient (Wildman–Crippen LogP) is 4.57. The van der Waals surface area contributed by atoms with E-state index >= 15 is 0 Å². The van der Waals surface area contributed by atoms with Crippen molar-refractivity contribution in [3.63, 3.8) is 0 Å². The Hall–Kier alpha value is -0.790. The zero-order valence-corrected chi connectivity index (χ0v) is 12.9. The molecule has 0 aromatic carbocycles. The van der Waals surface area contributed by atoms with Crippen LogP contribution in [0.1, 0.15) is 79.3 Å². The molecule has 0 aliphatic heterocycles. The zero-order valence-electron chi connectivity index (χ0n) is 12.9. The summed E-state index contributed by atoms with van der Waals surface area (Å²) in [5, 5.41) is 4.35. The maximum Gasteiger partial charge on any atom is 0.146 e. The van der Waals surface area contributed by atoms with Crippen LogP contribution in [-0.2, 0) is 16.2 Å². The summed E-state index contributed by atoms with van der Waals surface area (Å²) in [6.07, 6.45) is 0. The summed E-state index contributed by atoms with van der Waals surface area (Å²) in [6.45, 7) is 19.8. The summed E-state index contributed by atoms with van der Waals surface area (Å²) < 4.78 is 5.66. The normalized spacial score (nSPS) is 14.2. The van der Waals surface area contributed by atoms with Gasteiger partial charge in [0.25, 0.3) is 0 Å². The molecule has 17 heavy (non-hydrogen) atoms. The Balaban J connectivity index is 3.53. The molecule has 1 aromatic heterocycles. The molecule has 0 atom stereocenters. The first-order chi connectivity index (χ1) is 7.35. The van der Waals surface area contributed by atoms with Crippen LogP contribution in [0.25, 0.3) is 0 Å². The van der Waals surface area contributed by atoms with Crippen molar-refractivity contribution in [3.8, 4) is 0 Å². The second-order valence-electron chi connectivity index (χ2n) is 7.99. The van der Waals surface area contributed by atoms with Crippen LogP contribution in [0, 0.1) is 0 Å². The highest BCUT2D eigenvalue weighted by atomic mass is 16.5. The topological polar surface area (TPSA) is 26.0 Å². The van der Waals surface area contributed by atoms with Crippen molar-refractivity contribution < 1.29 is 4.52 Å². The quantitative estimate of drug-likeness (QED) is 0.660. The lowest BCUT2D eigenvalue weighted by Crippen LogP contribution is -2.25. The molecular formula is C15H27NO. The minimum absolute atomic E-state index is 0.000880. The third kappa shape index (κ3) is 2.91. The lowest BCUT2D eigenvalue weighted by Gasteiger charge is -2.28. The monoisotopic (exact) mass is 237 g/mol. The molecule has 0 aliphatic carbocycles. The highest BCUT2D eigenvalue weighted by Gasteiger charge is 2.36. The average Bonchev–Trinajstić information content (AvgIpc) is 2.42. The van der Waals surface area contributed by atoms with Gasteiger partial charge in [0, 0.05) is 16.4 Å². The van der Waals surface area contributed by atoms with E-state index in [2.05, 4.69) is 67.5 Å². The Kier molecular flexibility index (Phi) is 3.24. The van der Waals surface area contributed by atoms with Crippen LogP contribution < -0.4 is 0 Å². The summed E-state index contributed by atoms with van der Waals surface area (Å²) in [4.78, 5) is 0. The Bertz CT molecular complexity index is 363. The van der Waals surface area contributed by atoms with Gasteiger partial charge in [-0.15, -0.1) is 0 Å². The zero-order chi connectivity index (χ0) is 13.6. The molecule has 0 bridgehead atoms. The van der Waals surface area contributed by atoms with Crippen molar-refractivity contribution in [2.75, 3.05) is 0 Å². The molecular weight excluding hydrogens is 210 g/mol. The molecule has 1 heterocycles. The van der Waals surface area contributed by atoms with Crippen LogP contribution >= 0.6 is 0 Å². The Labute approximate surface area is 106 Å². The van der Waals surface area contributed by atoms with Gasteiger partial charge in [-0.05, 0) is 5.41 Å². The van der Waals surface area contributed by atoms with Crippen molar-refractivity contribution in [2.24, 2.45) is 0 Å². The highest BCUT2D eigenvalue weighted by molar-refractivity contribution is 5.37. The van der Waals surface area contributed by atoms with Crippen LogP contribution in [0.5, 0.6) is 0 Å². The summed E-state index contributed by atoms with van der Waals surface area (Å²) in [5.41, 5.74) is 2.45. The van der Waals surface area contributed by atoms with E-state index < -0.39 is 0 Å². The van der Waals surface area contributed by atoms with Crippen molar-refractivity contribution in [2.45, 2.75) is 78.6 Å². The van der Waals surface area contributed by atoms with E-state index in [9.17, 15) is 0 Å². The number of nitrogens with zero attached hydrogens (tertiary/aromatic N) is 1. The van der Waals surface area contributed by atoms with Crippen molar-refractivity contribution in [1.29, 1.82) is 0 Å². The van der Waals surface area contributed by atoms with Crippen LogP contribution in [0.4, 0.5) is 0 Å². The Morgan fingerprint density at radius 1 is 0.706 bits per heavy atom. The predicted molar refractivity (Wildman–Crippen MR) is 72.6 cm³/mol. The van der Waals surface area contributed by atoms with Gasteiger partial charge in [0.2, 0.25) is 0 Å². The van der Waals surface area contributed by atoms with Gasteiger partial charge in [0.15, 0.2) is 0 Å². The number of hydrogen-bond acceptors (Lipinski definition) is 2. The third-order valence-electron chi connectivity index (χ3n) is 2.83. The SMILES string of the molecule is CC(C)(C)c1noc(C(C)(C)C)c1C(C)(C)C. The first kappa shape index (κ1) is 14.3. The molecule has 0 amide bonds. The number of aromatic nitrogens is 1. The molecule has 0 saturated carbocycles. The summed E-state index contributed by atoms with van der Waals surface area (Å²) >= 11 is 0. The van der Waals surface area contributed by atoms with Gasteiger partial charge in [-0.1, -0.05) is 67.5 Å². The molecule has 2 nitrogen and oxygen atoms in total. The Morgan fingerprint density at radius 3 is 1.47 bits per heavy atom. The van der Waals surface area contributed by atoms with Gasteiger partial charge in [0.1, 0.15) is 5.76 Å². The molecule has 1 rings (SSSR count). The molecule has 0 spiro atoms. The van der Waals surface area contributed by atoms with E-state index in [1.54, 1.807) is 0 Å².